The van der Waals surface area contributed by atoms with E-state index >= 15 is 0 Å². The fourth-order valence-corrected chi connectivity index (χ4v) is 1.97. The van der Waals surface area contributed by atoms with E-state index < -0.39 is 5.97 Å². The lowest BCUT2D eigenvalue weighted by molar-refractivity contribution is 0.0696. The maximum Gasteiger partial charge on any atom is 0.338 e. The van der Waals surface area contributed by atoms with E-state index in [1.54, 1.807) is 6.20 Å². The predicted molar refractivity (Wildman–Crippen MR) is 62.0 cm³/mol. The molecule has 17 heavy (non-hydrogen) atoms. The minimum absolute atomic E-state index is 0.158. The number of rotatable bonds is 4. The molecule has 0 aliphatic rings. The Hall–Kier alpha value is -1.82. The number of carboxylic acid groups (broad SMARTS) is 1. The van der Waals surface area contributed by atoms with E-state index in [0.717, 1.165) is 5.69 Å². The van der Waals surface area contributed by atoms with Crippen LogP contribution in [0, 0.1) is 6.92 Å². The van der Waals surface area contributed by atoms with E-state index in [4.69, 9.17) is 9.52 Å². The second kappa shape index (κ2) is 5.01. The zero-order valence-corrected chi connectivity index (χ0v) is 9.90. The number of thioether (sulfide) groups is 1. The Kier molecular flexibility index (Phi) is 3.43. The molecule has 0 aliphatic carbocycles. The number of aryl methyl sites for hydroxylation is 1. The molecule has 0 amide bonds. The maximum absolute atomic E-state index is 10.6. The van der Waals surface area contributed by atoms with Gasteiger partial charge in [-0.15, -0.1) is 0 Å². The highest BCUT2D eigenvalue weighted by Gasteiger charge is 2.09. The van der Waals surface area contributed by atoms with E-state index in [2.05, 4.69) is 9.97 Å². The molecule has 5 nitrogen and oxygen atoms in total. The quantitative estimate of drug-likeness (QED) is 0.663. The summed E-state index contributed by atoms with van der Waals surface area (Å²) in [6, 6.07) is 3.32. The van der Waals surface area contributed by atoms with Crippen molar-refractivity contribution in [1.29, 1.82) is 0 Å². The van der Waals surface area contributed by atoms with Crippen LogP contribution < -0.4 is 0 Å². The van der Waals surface area contributed by atoms with Gasteiger partial charge in [0.2, 0.25) is 0 Å². The zero-order chi connectivity index (χ0) is 12.3. The van der Waals surface area contributed by atoms with Gasteiger partial charge in [0.15, 0.2) is 5.16 Å². The molecule has 2 aromatic rings. The van der Waals surface area contributed by atoms with Crippen LogP contribution in [-0.2, 0) is 5.75 Å². The van der Waals surface area contributed by atoms with Crippen LogP contribution in [0.25, 0.3) is 0 Å². The Balaban J connectivity index is 2.00. The lowest BCUT2D eigenvalue weighted by Crippen LogP contribution is -1.92. The predicted octanol–water partition coefficient (Wildman–Crippen LogP) is 2.37. The smallest absolute Gasteiger partial charge is 0.338 e. The van der Waals surface area contributed by atoms with Crippen molar-refractivity contribution in [2.45, 2.75) is 17.8 Å². The van der Waals surface area contributed by atoms with Gasteiger partial charge in [-0.3, -0.25) is 0 Å². The van der Waals surface area contributed by atoms with E-state index in [9.17, 15) is 4.79 Å². The van der Waals surface area contributed by atoms with Crippen LogP contribution in [0.3, 0.4) is 0 Å². The van der Waals surface area contributed by atoms with Crippen LogP contribution in [0.1, 0.15) is 21.8 Å². The van der Waals surface area contributed by atoms with Gasteiger partial charge in [0.25, 0.3) is 0 Å². The van der Waals surface area contributed by atoms with Gasteiger partial charge in [0, 0.05) is 11.9 Å². The van der Waals surface area contributed by atoms with E-state index in [-0.39, 0.29) is 5.56 Å². The molecule has 0 unspecified atom stereocenters. The molecule has 0 saturated heterocycles. The van der Waals surface area contributed by atoms with Gasteiger partial charge in [0.1, 0.15) is 12.0 Å². The summed E-state index contributed by atoms with van der Waals surface area (Å²) in [5, 5.41) is 9.38. The Morgan fingerprint density at radius 3 is 3.06 bits per heavy atom. The molecule has 1 N–H and O–H groups in total. The first-order chi connectivity index (χ1) is 8.15. The normalized spacial score (nSPS) is 10.4. The fourth-order valence-electron chi connectivity index (χ4n) is 1.20. The van der Waals surface area contributed by atoms with Crippen molar-refractivity contribution < 1.29 is 14.3 Å². The van der Waals surface area contributed by atoms with Gasteiger partial charge in [-0.1, -0.05) is 11.8 Å². The van der Waals surface area contributed by atoms with Gasteiger partial charge >= 0.3 is 5.97 Å². The van der Waals surface area contributed by atoms with Gasteiger partial charge < -0.3 is 9.52 Å². The number of aromatic nitrogens is 2. The molecule has 0 radical (unpaired) electrons. The van der Waals surface area contributed by atoms with Crippen LogP contribution >= 0.6 is 11.8 Å². The lowest BCUT2D eigenvalue weighted by atomic mass is 10.3. The molecule has 0 aromatic carbocycles. The highest BCUT2D eigenvalue weighted by molar-refractivity contribution is 7.98. The first-order valence-electron chi connectivity index (χ1n) is 4.88. The van der Waals surface area contributed by atoms with Crippen LogP contribution in [0.5, 0.6) is 0 Å². The zero-order valence-electron chi connectivity index (χ0n) is 9.08. The molecule has 6 heteroatoms. The number of furan rings is 1. The third kappa shape index (κ3) is 3.07. The molecule has 2 rings (SSSR count). The summed E-state index contributed by atoms with van der Waals surface area (Å²) in [6.45, 7) is 1.89. The summed E-state index contributed by atoms with van der Waals surface area (Å²) in [6.07, 6.45) is 2.92. The van der Waals surface area contributed by atoms with Crippen LogP contribution in [-0.4, -0.2) is 21.0 Å². The minimum atomic E-state index is -0.989. The van der Waals surface area contributed by atoms with Gasteiger partial charge in [-0.25, -0.2) is 14.8 Å². The number of hydrogen-bond donors (Lipinski definition) is 1. The van der Waals surface area contributed by atoms with Crippen molar-refractivity contribution in [1.82, 2.24) is 9.97 Å². The fraction of sp³-hybridized carbons (Fsp3) is 0.182. The monoisotopic (exact) mass is 250 g/mol. The Morgan fingerprint density at radius 2 is 2.41 bits per heavy atom. The molecule has 88 valence electrons. The third-order valence-corrected chi connectivity index (χ3v) is 2.90. The van der Waals surface area contributed by atoms with E-state index in [1.165, 1.54) is 24.1 Å². The molecule has 2 aromatic heterocycles. The molecule has 0 atom stereocenters. The Bertz CT molecular complexity index is 539. The summed E-state index contributed by atoms with van der Waals surface area (Å²) in [5.74, 6) is 0.116. The molecule has 0 fully saturated rings. The highest BCUT2D eigenvalue weighted by atomic mass is 32.2. The van der Waals surface area contributed by atoms with Crippen molar-refractivity contribution in [3.05, 3.63) is 41.6 Å². The van der Waals surface area contributed by atoms with Crippen molar-refractivity contribution in [2.24, 2.45) is 0 Å². The van der Waals surface area contributed by atoms with Gasteiger partial charge in [0.05, 0.1) is 11.3 Å². The van der Waals surface area contributed by atoms with Crippen LogP contribution in [0.4, 0.5) is 0 Å². The first-order valence-corrected chi connectivity index (χ1v) is 5.87. The number of hydrogen-bond acceptors (Lipinski definition) is 5. The van der Waals surface area contributed by atoms with E-state index in [1.807, 2.05) is 13.0 Å². The topological polar surface area (TPSA) is 76.2 Å². The summed E-state index contributed by atoms with van der Waals surface area (Å²) in [5.41, 5.74) is 1.05. The second-order valence-corrected chi connectivity index (χ2v) is 4.32. The summed E-state index contributed by atoms with van der Waals surface area (Å²) in [4.78, 5) is 19.0. The summed E-state index contributed by atoms with van der Waals surface area (Å²) < 4.78 is 5.12. The molecule has 0 bridgehead atoms. The summed E-state index contributed by atoms with van der Waals surface area (Å²) in [7, 11) is 0. The van der Waals surface area contributed by atoms with Crippen molar-refractivity contribution in [2.75, 3.05) is 0 Å². The molecule has 0 saturated carbocycles. The lowest BCUT2D eigenvalue weighted by Gasteiger charge is -1.98. The molecule has 2 heterocycles. The van der Waals surface area contributed by atoms with Crippen LogP contribution in [0.2, 0.25) is 0 Å². The Labute approximate surface area is 102 Å². The summed E-state index contributed by atoms with van der Waals surface area (Å²) >= 11 is 1.40. The maximum atomic E-state index is 10.6. The largest absolute Gasteiger partial charge is 0.478 e. The molecular formula is C11H10N2O3S. The van der Waals surface area contributed by atoms with Crippen molar-refractivity contribution >= 4 is 17.7 Å². The minimum Gasteiger partial charge on any atom is -0.478 e. The average Bonchev–Trinajstić information content (AvgIpc) is 2.75. The molecule has 0 aliphatic heterocycles. The molecule has 0 spiro atoms. The number of carboxylic acids is 1. The highest BCUT2D eigenvalue weighted by Crippen LogP contribution is 2.20. The average molecular weight is 250 g/mol. The van der Waals surface area contributed by atoms with E-state index in [0.29, 0.717) is 16.7 Å². The van der Waals surface area contributed by atoms with Crippen molar-refractivity contribution in [3.8, 4) is 0 Å². The standard InChI is InChI=1S/C11H10N2O3S/c1-7-2-3-12-11(13-7)17-6-9-4-8(5-16-9)10(14)15/h2-5H,6H2,1H3,(H,14,15). The number of aromatic carboxylic acids is 1. The van der Waals surface area contributed by atoms with Crippen LogP contribution in [0.15, 0.2) is 34.2 Å². The number of carbonyl (C=O) groups is 1. The third-order valence-electron chi connectivity index (χ3n) is 2.02. The Morgan fingerprint density at radius 1 is 1.59 bits per heavy atom. The number of nitrogens with zero attached hydrogens (tertiary/aromatic N) is 2. The van der Waals surface area contributed by atoms with Gasteiger partial charge in [-0.05, 0) is 19.1 Å². The molecular weight excluding hydrogens is 240 g/mol. The SMILES string of the molecule is Cc1ccnc(SCc2cc(C(=O)O)co2)n1. The van der Waals surface area contributed by atoms with Gasteiger partial charge in [-0.2, -0.15) is 0 Å². The van der Waals surface area contributed by atoms with Crippen molar-refractivity contribution in [3.63, 3.8) is 0 Å². The second-order valence-electron chi connectivity index (χ2n) is 3.38. The first kappa shape index (κ1) is 11.7.